The molecule has 0 atom stereocenters. The van der Waals surface area contributed by atoms with Gasteiger partial charge in [0.15, 0.2) is 0 Å². The van der Waals surface area contributed by atoms with Crippen molar-refractivity contribution in [1.82, 2.24) is 0 Å². The summed E-state index contributed by atoms with van der Waals surface area (Å²) in [6.07, 6.45) is 33.0. The van der Waals surface area contributed by atoms with Crippen LogP contribution in [0.25, 0.3) is 0 Å². The number of halogens is 1. The lowest BCUT2D eigenvalue weighted by Crippen LogP contribution is -3.00. The zero-order valence-electron chi connectivity index (χ0n) is 26.6. The summed E-state index contributed by atoms with van der Waals surface area (Å²) in [7, 11) is -1.38. The van der Waals surface area contributed by atoms with Crippen molar-refractivity contribution in [1.29, 1.82) is 0 Å². The van der Waals surface area contributed by atoms with Crippen LogP contribution in [0.15, 0.2) is 60.7 Å². The van der Waals surface area contributed by atoms with Gasteiger partial charge < -0.3 is 17.0 Å². The first-order valence-corrected chi connectivity index (χ1v) is 20.5. The molecule has 4 bridgehead atoms. The van der Waals surface area contributed by atoms with E-state index in [1.165, 1.54) is 89.2 Å². The van der Waals surface area contributed by atoms with E-state index in [1.807, 2.05) is 0 Å². The smallest absolute Gasteiger partial charge is 0.146 e. The molecule has 2 aromatic carbocycles. The van der Waals surface area contributed by atoms with Crippen LogP contribution < -0.4 is 27.6 Å². The van der Waals surface area contributed by atoms with Crippen molar-refractivity contribution in [3.05, 3.63) is 60.7 Å². The second-order valence-corrected chi connectivity index (χ2v) is 18.7. The van der Waals surface area contributed by atoms with Gasteiger partial charge in [0, 0.05) is 0 Å². The monoisotopic (exact) mass is 646 g/mol. The summed E-state index contributed by atoms with van der Waals surface area (Å²) in [6, 6.07) is 23.7. The average Bonchev–Trinajstić information content (AvgIpc) is 3.00. The number of unbranched alkanes of at least 4 members (excludes halogenated alkanes) is 4. The maximum Gasteiger partial charge on any atom is 0.146 e. The van der Waals surface area contributed by atoms with Crippen molar-refractivity contribution in [2.24, 2.45) is 0 Å². The summed E-state index contributed by atoms with van der Waals surface area (Å²) >= 11 is 0. The van der Waals surface area contributed by atoms with Gasteiger partial charge >= 0.3 is 0 Å². The summed E-state index contributed by atoms with van der Waals surface area (Å²) in [5.74, 6) is 4.32. The van der Waals surface area contributed by atoms with Crippen molar-refractivity contribution < 1.29 is 17.0 Å². The van der Waals surface area contributed by atoms with Gasteiger partial charge in [-0.25, -0.2) is 0 Å². The van der Waals surface area contributed by atoms with Crippen LogP contribution in [0.4, 0.5) is 0 Å². The quantitative estimate of drug-likeness (QED) is 0.110. The molecule has 4 aliphatic heterocycles. The minimum atomic E-state index is -1.38. The molecule has 0 amide bonds. The summed E-state index contributed by atoms with van der Waals surface area (Å²) in [5.41, 5.74) is 0. The first-order chi connectivity index (χ1) is 20.3. The van der Waals surface area contributed by atoms with Gasteiger partial charge in [-0.05, 0) is 37.1 Å². The fraction of sp³-hybridized carbons (Fsp3) is 0.684. The van der Waals surface area contributed by atoms with Gasteiger partial charge in [0.2, 0.25) is 0 Å². The van der Waals surface area contributed by atoms with Gasteiger partial charge in [0.25, 0.3) is 0 Å². The molecule has 42 heavy (non-hydrogen) atoms. The summed E-state index contributed by atoms with van der Waals surface area (Å²) < 4.78 is 0. The lowest BCUT2D eigenvalue weighted by atomic mass is 9.26. The van der Waals surface area contributed by atoms with Crippen LogP contribution in [0.3, 0.4) is 0 Å². The van der Waals surface area contributed by atoms with Gasteiger partial charge in [-0.2, -0.15) is 0 Å². The molecule has 4 heteroatoms. The molecule has 228 valence electrons. The SMILES string of the molecule is [Br-].c1ccc([P+](CCCCCB2C3CCCC2CCC3)(CCCCCB2C3CCCC2CCC3)c2ccccc2)cc1. The molecule has 0 aliphatic carbocycles. The van der Waals surface area contributed by atoms with Crippen LogP contribution >= 0.6 is 7.26 Å². The standard InChI is InChI=1S/C38H58B2P.BrH/c1-5-25-37(26-6-1)41(38-27-7-2-8-28-38,31-11-3-9-29-39-33-17-13-18-34(39)20-14-19-33)32-12-4-10-30-40-35-21-15-22-36(40)24-16-23-35;/h1-2,5-8,25-28,33-36H,3-4,9-24,29-32H2;1H/q+1;/p-1. The molecule has 6 rings (SSSR count). The fourth-order valence-corrected chi connectivity index (χ4v) is 15.2. The van der Waals surface area contributed by atoms with E-state index in [2.05, 4.69) is 60.7 Å². The number of hydrogen-bond donors (Lipinski definition) is 0. The normalized spacial score (nSPS) is 25.6. The van der Waals surface area contributed by atoms with Gasteiger partial charge in [0.05, 0.1) is 30.2 Å². The van der Waals surface area contributed by atoms with E-state index in [0.29, 0.717) is 0 Å². The van der Waals surface area contributed by atoms with E-state index in [-0.39, 0.29) is 17.0 Å². The molecule has 0 nitrogen and oxygen atoms in total. The Morgan fingerprint density at radius 2 is 0.786 bits per heavy atom. The molecule has 0 unspecified atom stereocenters. The lowest BCUT2D eigenvalue weighted by Gasteiger charge is -2.40. The first-order valence-electron chi connectivity index (χ1n) is 18.3. The Kier molecular flexibility index (Phi) is 13.1. The molecule has 0 saturated carbocycles. The zero-order valence-corrected chi connectivity index (χ0v) is 29.1. The summed E-state index contributed by atoms with van der Waals surface area (Å²) in [6.45, 7) is 2.15. The van der Waals surface area contributed by atoms with Crippen molar-refractivity contribution in [2.45, 2.75) is 151 Å². The van der Waals surface area contributed by atoms with Crippen molar-refractivity contribution >= 4 is 31.3 Å². The predicted molar refractivity (Wildman–Crippen MR) is 188 cm³/mol. The van der Waals surface area contributed by atoms with Gasteiger partial charge in [-0.3, -0.25) is 0 Å². The third-order valence-corrected chi connectivity index (χ3v) is 17.4. The molecule has 0 spiro atoms. The highest BCUT2D eigenvalue weighted by molar-refractivity contribution is 7.89. The maximum absolute atomic E-state index is 2.49. The first kappa shape index (κ1) is 32.9. The molecule has 4 saturated heterocycles. The second kappa shape index (κ2) is 16.7. The largest absolute Gasteiger partial charge is 1.00 e. The Hall–Kier alpha value is -0.520. The zero-order chi connectivity index (χ0) is 27.7. The minimum Gasteiger partial charge on any atom is -1.00 e. The lowest BCUT2D eigenvalue weighted by molar-refractivity contribution is -0.00000830. The van der Waals surface area contributed by atoms with E-state index in [4.69, 9.17) is 0 Å². The van der Waals surface area contributed by atoms with Crippen molar-refractivity contribution in [3.8, 4) is 0 Å². The molecule has 2 aromatic rings. The van der Waals surface area contributed by atoms with E-state index in [1.54, 1.807) is 62.0 Å². The molecule has 0 radical (unpaired) electrons. The molecule has 0 N–H and O–H groups in total. The molecular weight excluding hydrogens is 589 g/mol. The number of fused-ring (bicyclic) bond motifs is 4. The van der Waals surface area contributed by atoms with Crippen LogP contribution in [-0.4, -0.2) is 25.7 Å². The van der Waals surface area contributed by atoms with Crippen molar-refractivity contribution in [2.75, 3.05) is 12.3 Å². The highest BCUT2D eigenvalue weighted by atomic mass is 79.9. The Labute approximate surface area is 271 Å². The topological polar surface area (TPSA) is 0 Å². The minimum absolute atomic E-state index is 0. The van der Waals surface area contributed by atoms with E-state index >= 15 is 0 Å². The Morgan fingerprint density at radius 1 is 0.452 bits per heavy atom. The second-order valence-electron chi connectivity index (χ2n) is 14.9. The average molecular weight is 647 g/mol. The van der Waals surface area contributed by atoms with Gasteiger partial charge in [-0.15, -0.1) is 0 Å². The predicted octanol–water partition coefficient (Wildman–Crippen LogP) is 8.21. The Bertz CT molecular complexity index is 904. The van der Waals surface area contributed by atoms with Crippen molar-refractivity contribution in [3.63, 3.8) is 0 Å². The molecule has 4 aliphatic rings. The summed E-state index contributed by atoms with van der Waals surface area (Å²) in [5, 5.41) is 3.35. The van der Waals surface area contributed by atoms with E-state index in [9.17, 15) is 0 Å². The molecule has 4 heterocycles. The third kappa shape index (κ3) is 8.00. The van der Waals surface area contributed by atoms with E-state index in [0.717, 1.165) is 36.7 Å². The highest BCUT2D eigenvalue weighted by Gasteiger charge is 2.42. The highest BCUT2D eigenvalue weighted by Crippen LogP contribution is 2.58. The number of benzene rings is 2. The third-order valence-electron chi connectivity index (χ3n) is 12.7. The van der Waals surface area contributed by atoms with E-state index < -0.39 is 7.26 Å². The van der Waals surface area contributed by atoms with Crippen LogP contribution in [0.1, 0.15) is 116 Å². The molecular formula is C38H58B2BrP. The number of rotatable bonds is 14. The van der Waals surface area contributed by atoms with Gasteiger partial charge in [0.1, 0.15) is 13.4 Å². The maximum atomic E-state index is 2.49. The van der Waals surface area contributed by atoms with Crippen LogP contribution in [0.5, 0.6) is 0 Å². The van der Waals surface area contributed by atoms with Crippen LogP contribution in [0.2, 0.25) is 35.9 Å². The Morgan fingerprint density at radius 3 is 1.12 bits per heavy atom. The summed E-state index contributed by atoms with van der Waals surface area (Å²) in [4.78, 5) is 0. The molecule has 4 fully saturated rings. The van der Waals surface area contributed by atoms with Crippen LogP contribution in [0, 0.1) is 0 Å². The molecule has 0 aromatic heterocycles. The Balaban J connectivity index is 0.00000353. The van der Waals surface area contributed by atoms with Gasteiger partial charge in [-0.1, -0.05) is 175 Å². The van der Waals surface area contributed by atoms with Crippen LogP contribution in [-0.2, 0) is 0 Å². The fourth-order valence-electron chi connectivity index (χ4n) is 10.7. The number of hydrogen-bond acceptors (Lipinski definition) is 0.